The van der Waals surface area contributed by atoms with Gasteiger partial charge in [-0.15, -0.1) is 0 Å². The molecule has 4 rings (SSSR count). The minimum Gasteiger partial charge on any atom is -0.496 e. The molecule has 4 aromatic rings. The zero-order chi connectivity index (χ0) is 18.8. The van der Waals surface area contributed by atoms with E-state index in [0.29, 0.717) is 29.0 Å². The van der Waals surface area contributed by atoms with Gasteiger partial charge in [0, 0.05) is 22.5 Å². The summed E-state index contributed by atoms with van der Waals surface area (Å²) in [5.74, 6) is 2.43. The smallest absolute Gasteiger partial charge is 0.229 e. The van der Waals surface area contributed by atoms with Gasteiger partial charge in [0.05, 0.1) is 7.11 Å². The first kappa shape index (κ1) is 16.8. The molecule has 0 saturated carbocycles. The standard InChI is InChI=1S/C20H17FN4O2/c1-12-10-19(25-24-12)22-18-11-16-15(4-3-5-17(16)26-2)20(23-18)27-14-8-6-13(21)7-9-14/h3-11H,1-2H3,(H2,22,23,24,25). The topological polar surface area (TPSA) is 72.1 Å². The molecule has 2 N–H and O–H groups in total. The van der Waals surface area contributed by atoms with Gasteiger partial charge in [-0.3, -0.25) is 5.10 Å². The number of hydrogen-bond acceptors (Lipinski definition) is 5. The van der Waals surface area contributed by atoms with Crippen LogP contribution in [0.2, 0.25) is 0 Å². The van der Waals surface area contributed by atoms with E-state index < -0.39 is 0 Å². The summed E-state index contributed by atoms with van der Waals surface area (Å²) in [5, 5.41) is 11.8. The Bertz CT molecular complexity index is 1090. The number of ether oxygens (including phenoxy) is 2. The SMILES string of the molecule is COc1cccc2c(Oc3ccc(F)cc3)nc(Nc3cc(C)[nH]n3)cc12. The van der Waals surface area contributed by atoms with Gasteiger partial charge in [0.2, 0.25) is 5.88 Å². The maximum absolute atomic E-state index is 13.2. The highest BCUT2D eigenvalue weighted by molar-refractivity contribution is 5.94. The number of benzene rings is 2. The summed E-state index contributed by atoms with van der Waals surface area (Å²) in [6, 6.07) is 15.2. The van der Waals surface area contributed by atoms with Crippen LogP contribution in [0, 0.1) is 12.7 Å². The minimum atomic E-state index is -0.328. The van der Waals surface area contributed by atoms with Gasteiger partial charge in [-0.1, -0.05) is 6.07 Å². The number of aromatic amines is 1. The number of anilines is 2. The van der Waals surface area contributed by atoms with E-state index in [1.54, 1.807) is 19.2 Å². The number of H-pyrrole nitrogens is 1. The molecule has 0 bridgehead atoms. The van der Waals surface area contributed by atoms with E-state index in [1.165, 1.54) is 12.1 Å². The van der Waals surface area contributed by atoms with Crippen LogP contribution in [-0.4, -0.2) is 22.3 Å². The monoisotopic (exact) mass is 364 g/mol. The highest BCUT2D eigenvalue weighted by Crippen LogP contribution is 2.35. The molecule has 27 heavy (non-hydrogen) atoms. The van der Waals surface area contributed by atoms with Crippen LogP contribution in [0.4, 0.5) is 16.0 Å². The summed E-state index contributed by atoms with van der Waals surface area (Å²) in [7, 11) is 1.61. The number of methoxy groups -OCH3 is 1. The lowest BCUT2D eigenvalue weighted by molar-refractivity contribution is 0.419. The van der Waals surface area contributed by atoms with Gasteiger partial charge in [0.25, 0.3) is 0 Å². The van der Waals surface area contributed by atoms with E-state index in [4.69, 9.17) is 9.47 Å². The number of aromatic nitrogens is 3. The van der Waals surface area contributed by atoms with E-state index in [2.05, 4.69) is 20.5 Å². The van der Waals surface area contributed by atoms with Gasteiger partial charge in [-0.05, 0) is 49.4 Å². The average molecular weight is 364 g/mol. The van der Waals surface area contributed by atoms with Crippen LogP contribution in [0.1, 0.15) is 5.69 Å². The maximum Gasteiger partial charge on any atom is 0.229 e. The summed E-state index contributed by atoms with van der Waals surface area (Å²) in [5.41, 5.74) is 0.929. The van der Waals surface area contributed by atoms with Crippen LogP contribution in [0.25, 0.3) is 10.8 Å². The van der Waals surface area contributed by atoms with Crippen LogP contribution in [0.15, 0.2) is 54.6 Å². The van der Waals surface area contributed by atoms with Crippen molar-refractivity contribution in [1.82, 2.24) is 15.2 Å². The van der Waals surface area contributed by atoms with Crippen molar-refractivity contribution in [1.29, 1.82) is 0 Å². The first-order valence-electron chi connectivity index (χ1n) is 8.32. The fourth-order valence-corrected chi connectivity index (χ4v) is 2.77. The Labute approximate surface area is 155 Å². The van der Waals surface area contributed by atoms with Gasteiger partial charge < -0.3 is 14.8 Å². The number of halogens is 1. The van der Waals surface area contributed by atoms with Gasteiger partial charge in [0.1, 0.15) is 23.1 Å². The Morgan fingerprint density at radius 3 is 2.52 bits per heavy atom. The van der Waals surface area contributed by atoms with Crippen molar-refractivity contribution in [3.05, 3.63) is 66.1 Å². The third kappa shape index (κ3) is 3.52. The molecular weight excluding hydrogens is 347 g/mol. The van der Waals surface area contributed by atoms with E-state index in [1.807, 2.05) is 37.3 Å². The Kier molecular flexibility index (Phi) is 4.33. The van der Waals surface area contributed by atoms with Crippen molar-refractivity contribution in [2.45, 2.75) is 6.92 Å². The molecule has 0 aliphatic carbocycles. The summed E-state index contributed by atoms with van der Waals surface area (Å²) < 4.78 is 24.6. The Balaban J connectivity index is 1.80. The maximum atomic E-state index is 13.2. The number of nitrogens with zero attached hydrogens (tertiary/aromatic N) is 2. The van der Waals surface area contributed by atoms with Gasteiger partial charge in [-0.25, -0.2) is 4.39 Å². The quantitative estimate of drug-likeness (QED) is 0.524. The molecule has 2 heterocycles. The van der Waals surface area contributed by atoms with Crippen LogP contribution in [0.3, 0.4) is 0 Å². The van der Waals surface area contributed by atoms with Crippen molar-refractivity contribution < 1.29 is 13.9 Å². The Hall–Kier alpha value is -3.61. The number of hydrogen-bond donors (Lipinski definition) is 2. The lowest BCUT2D eigenvalue weighted by atomic mass is 10.1. The predicted octanol–water partition coefficient (Wildman–Crippen LogP) is 4.95. The van der Waals surface area contributed by atoms with Crippen LogP contribution < -0.4 is 14.8 Å². The summed E-state index contributed by atoms with van der Waals surface area (Å²) in [6.07, 6.45) is 0. The zero-order valence-electron chi connectivity index (χ0n) is 14.8. The number of pyridine rings is 1. The van der Waals surface area contributed by atoms with E-state index >= 15 is 0 Å². The van der Waals surface area contributed by atoms with Crippen molar-refractivity contribution in [2.24, 2.45) is 0 Å². The summed E-state index contributed by atoms with van der Waals surface area (Å²) in [4.78, 5) is 4.56. The molecule has 0 amide bonds. The highest BCUT2D eigenvalue weighted by Gasteiger charge is 2.13. The first-order chi connectivity index (χ1) is 13.1. The molecule has 0 unspecified atom stereocenters. The van der Waals surface area contributed by atoms with Gasteiger partial charge in [0.15, 0.2) is 5.82 Å². The third-order valence-corrected chi connectivity index (χ3v) is 4.01. The van der Waals surface area contributed by atoms with Crippen molar-refractivity contribution in [2.75, 3.05) is 12.4 Å². The molecule has 0 aliphatic heterocycles. The van der Waals surface area contributed by atoms with Gasteiger partial charge >= 0.3 is 0 Å². The molecule has 2 aromatic heterocycles. The molecule has 0 radical (unpaired) electrons. The minimum absolute atomic E-state index is 0.328. The van der Waals surface area contributed by atoms with Crippen molar-refractivity contribution in [3.63, 3.8) is 0 Å². The average Bonchev–Trinajstić information content (AvgIpc) is 3.08. The summed E-state index contributed by atoms with van der Waals surface area (Å²) in [6.45, 7) is 1.91. The zero-order valence-corrected chi connectivity index (χ0v) is 14.8. The molecule has 0 fully saturated rings. The molecule has 6 nitrogen and oxygen atoms in total. The molecule has 0 aliphatic rings. The number of nitrogens with one attached hydrogen (secondary N) is 2. The van der Waals surface area contributed by atoms with Crippen LogP contribution in [0.5, 0.6) is 17.4 Å². The second-order valence-corrected chi connectivity index (χ2v) is 5.99. The normalized spacial score (nSPS) is 10.8. The van der Waals surface area contributed by atoms with Gasteiger partial charge in [-0.2, -0.15) is 10.1 Å². The fourth-order valence-electron chi connectivity index (χ4n) is 2.77. The second-order valence-electron chi connectivity index (χ2n) is 5.99. The van der Waals surface area contributed by atoms with Crippen LogP contribution in [-0.2, 0) is 0 Å². The van der Waals surface area contributed by atoms with Crippen molar-refractivity contribution in [3.8, 4) is 17.4 Å². The molecule has 0 saturated heterocycles. The third-order valence-electron chi connectivity index (χ3n) is 4.01. The molecule has 7 heteroatoms. The Morgan fingerprint density at radius 1 is 1.00 bits per heavy atom. The fraction of sp³-hybridized carbons (Fsp3) is 0.100. The lowest BCUT2D eigenvalue weighted by Gasteiger charge is -2.13. The highest BCUT2D eigenvalue weighted by atomic mass is 19.1. The lowest BCUT2D eigenvalue weighted by Crippen LogP contribution is -1.98. The number of fused-ring (bicyclic) bond motifs is 1. The molecule has 2 aromatic carbocycles. The summed E-state index contributed by atoms with van der Waals surface area (Å²) >= 11 is 0. The largest absolute Gasteiger partial charge is 0.496 e. The molecule has 0 atom stereocenters. The van der Waals surface area contributed by atoms with E-state index in [0.717, 1.165) is 16.5 Å². The van der Waals surface area contributed by atoms with Crippen molar-refractivity contribution >= 4 is 22.4 Å². The molecule has 0 spiro atoms. The molecule has 136 valence electrons. The van der Waals surface area contributed by atoms with Crippen LogP contribution >= 0.6 is 0 Å². The second kappa shape index (κ2) is 6.95. The predicted molar refractivity (Wildman–Crippen MR) is 101 cm³/mol. The molecular formula is C20H17FN4O2. The Morgan fingerprint density at radius 2 is 1.81 bits per heavy atom. The number of aryl methyl sites for hydroxylation is 1. The van der Waals surface area contributed by atoms with E-state index in [9.17, 15) is 4.39 Å². The van der Waals surface area contributed by atoms with E-state index in [-0.39, 0.29) is 5.82 Å². The first-order valence-corrected chi connectivity index (χ1v) is 8.32. The number of rotatable bonds is 5.